The Hall–Kier alpha value is -2.47. The van der Waals surface area contributed by atoms with Crippen molar-refractivity contribution in [3.63, 3.8) is 0 Å². The summed E-state index contributed by atoms with van der Waals surface area (Å²) in [5.41, 5.74) is 2.79. The minimum atomic E-state index is -0.0549. The number of nitrogens with zero attached hydrogens (tertiary/aromatic N) is 4. The molecule has 0 bridgehead atoms. The van der Waals surface area contributed by atoms with Crippen molar-refractivity contribution >= 4 is 11.7 Å². The maximum absolute atomic E-state index is 12.4. The molecule has 2 aromatic rings. The quantitative estimate of drug-likeness (QED) is 0.799. The Bertz CT molecular complexity index is 777. The number of hydrogen-bond donors (Lipinski definition) is 1. The van der Waals surface area contributed by atoms with Crippen LogP contribution in [0.2, 0.25) is 0 Å². The average Bonchev–Trinajstić information content (AvgIpc) is 2.71. The van der Waals surface area contributed by atoms with Gasteiger partial charge in [-0.05, 0) is 63.5 Å². The van der Waals surface area contributed by atoms with E-state index in [0.29, 0.717) is 24.7 Å². The first kappa shape index (κ1) is 20.3. The third-order valence-corrected chi connectivity index (χ3v) is 5.59. The van der Waals surface area contributed by atoms with Gasteiger partial charge in [0.05, 0.1) is 17.8 Å². The number of piperidine rings is 1. The van der Waals surface area contributed by atoms with Gasteiger partial charge in [0.15, 0.2) is 0 Å². The Morgan fingerprint density at radius 3 is 2.86 bits per heavy atom. The molecule has 2 aromatic heterocycles. The Kier molecular flexibility index (Phi) is 6.98. The van der Waals surface area contributed by atoms with Crippen molar-refractivity contribution in [1.82, 2.24) is 20.2 Å². The van der Waals surface area contributed by atoms with Crippen molar-refractivity contribution < 1.29 is 4.79 Å². The van der Waals surface area contributed by atoms with Gasteiger partial charge in [0, 0.05) is 32.0 Å². The van der Waals surface area contributed by atoms with E-state index in [1.54, 1.807) is 6.20 Å². The number of pyridine rings is 2. The fourth-order valence-corrected chi connectivity index (χ4v) is 3.70. The fourth-order valence-electron chi connectivity index (χ4n) is 3.70. The largest absolute Gasteiger partial charge is 0.354 e. The van der Waals surface area contributed by atoms with E-state index in [1.807, 2.05) is 36.3 Å². The number of anilines is 1. The van der Waals surface area contributed by atoms with Crippen LogP contribution in [0.3, 0.4) is 0 Å². The highest BCUT2D eigenvalue weighted by molar-refractivity contribution is 5.94. The Labute approximate surface area is 168 Å². The minimum Gasteiger partial charge on any atom is -0.354 e. The maximum Gasteiger partial charge on any atom is 0.252 e. The monoisotopic (exact) mass is 381 g/mol. The van der Waals surface area contributed by atoms with Crippen molar-refractivity contribution in [1.29, 1.82) is 0 Å². The van der Waals surface area contributed by atoms with E-state index in [1.165, 1.54) is 19.3 Å². The summed E-state index contributed by atoms with van der Waals surface area (Å²) in [6.45, 7) is 4.60. The molecule has 1 amide bonds. The molecule has 1 unspecified atom stereocenters. The second kappa shape index (κ2) is 9.64. The summed E-state index contributed by atoms with van der Waals surface area (Å²) < 4.78 is 0. The standard InChI is InChI=1S/C22H31N5O/c1-17-7-6-12-23-20(17)16-27(3)21-10-9-18(15-25-21)22(28)24-13-11-19-8-4-5-14-26(19)2/h6-7,9-10,12,15,19H,4-5,8,11,13-14,16H2,1-3H3,(H,24,28). The summed E-state index contributed by atoms with van der Waals surface area (Å²) in [4.78, 5) is 25.7. The highest BCUT2D eigenvalue weighted by Gasteiger charge is 2.18. The van der Waals surface area contributed by atoms with Crippen molar-refractivity contribution in [2.45, 2.75) is 45.2 Å². The summed E-state index contributed by atoms with van der Waals surface area (Å²) >= 11 is 0. The zero-order chi connectivity index (χ0) is 19.9. The maximum atomic E-state index is 12.4. The van der Waals surface area contributed by atoms with Crippen LogP contribution in [0.5, 0.6) is 0 Å². The number of aromatic nitrogens is 2. The van der Waals surface area contributed by atoms with Gasteiger partial charge < -0.3 is 15.1 Å². The number of nitrogens with one attached hydrogen (secondary N) is 1. The lowest BCUT2D eigenvalue weighted by atomic mass is 10.0. The summed E-state index contributed by atoms with van der Waals surface area (Å²) in [7, 11) is 4.16. The van der Waals surface area contributed by atoms with Crippen LogP contribution in [-0.2, 0) is 6.54 Å². The lowest BCUT2D eigenvalue weighted by Crippen LogP contribution is -2.39. The van der Waals surface area contributed by atoms with Crippen molar-refractivity contribution in [3.8, 4) is 0 Å². The fraction of sp³-hybridized carbons (Fsp3) is 0.500. The van der Waals surface area contributed by atoms with Crippen LogP contribution in [0.15, 0.2) is 36.7 Å². The molecule has 6 heteroatoms. The van der Waals surface area contributed by atoms with E-state index in [4.69, 9.17) is 0 Å². The van der Waals surface area contributed by atoms with Crippen LogP contribution in [0.25, 0.3) is 0 Å². The molecule has 1 aliphatic rings. The molecular formula is C22H31N5O. The second-order valence-electron chi connectivity index (χ2n) is 7.70. The third kappa shape index (κ3) is 5.29. The highest BCUT2D eigenvalue weighted by Crippen LogP contribution is 2.17. The van der Waals surface area contributed by atoms with Crippen LogP contribution in [0.1, 0.15) is 47.3 Å². The van der Waals surface area contributed by atoms with Crippen molar-refractivity contribution in [2.24, 2.45) is 0 Å². The van der Waals surface area contributed by atoms with E-state index in [9.17, 15) is 4.79 Å². The number of carbonyl (C=O) groups is 1. The van der Waals surface area contributed by atoms with Gasteiger partial charge in [0.1, 0.15) is 5.82 Å². The second-order valence-corrected chi connectivity index (χ2v) is 7.70. The molecule has 0 spiro atoms. The van der Waals surface area contributed by atoms with Crippen molar-refractivity contribution in [3.05, 3.63) is 53.5 Å². The van der Waals surface area contributed by atoms with Gasteiger partial charge >= 0.3 is 0 Å². The number of aryl methyl sites for hydroxylation is 1. The minimum absolute atomic E-state index is 0.0549. The molecule has 6 nitrogen and oxygen atoms in total. The first-order valence-corrected chi connectivity index (χ1v) is 10.1. The molecule has 28 heavy (non-hydrogen) atoms. The Balaban J connectivity index is 1.50. The van der Waals surface area contributed by atoms with Gasteiger partial charge in [-0.25, -0.2) is 4.98 Å². The molecule has 1 saturated heterocycles. The number of carbonyl (C=O) groups excluding carboxylic acids is 1. The van der Waals surface area contributed by atoms with Crippen LogP contribution >= 0.6 is 0 Å². The molecule has 1 N–H and O–H groups in total. The highest BCUT2D eigenvalue weighted by atomic mass is 16.1. The van der Waals surface area contributed by atoms with Crippen LogP contribution < -0.4 is 10.2 Å². The number of likely N-dealkylation sites (tertiary alicyclic amines) is 1. The zero-order valence-electron chi connectivity index (χ0n) is 17.2. The summed E-state index contributed by atoms with van der Waals surface area (Å²) in [6, 6.07) is 8.31. The van der Waals surface area contributed by atoms with Crippen LogP contribution in [-0.4, -0.2) is 54.0 Å². The normalized spacial score (nSPS) is 17.3. The first-order valence-electron chi connectivity index (χ1n) is 10.1. The number of rotatable bonds is 7. The first-order chi connectivity index (χ1) is 13.5. The molecule has 1 aliphatic heterocycles. The Morgan fingerprint density at radius 2 is 2.14 bits per heavy atom. The van der Waals surface area contributed by atoms with E-state index < -0.39 is 0 Å². The predicted molar refractivity (Wildman–Crippen MR) is 113 cm³/mol. The molecule has 3 rings (SSSR count). The van der Waals surface area contributed by atoms with Gasteiger partial charge in [-0.15, -0.1) is 0 Å². The van der Waals surface area contributed by atoms with Crippen LogP contribution in [0, 0.1) is 6.92 Å². The smallest absolute Gasteiger partial charge is 0.252 e. The topological polar surface area (TPSA) is 61.4 Å². The molecule has 1 atom stereocenters. The molecule has 0 aromatic carbocycles. The van der Waals surface area contributed by atoms with Crippen LogP contribution in [0.4, 0.5) is 5.82 Å². The molecule has 0 aliphatic carbocycles. The van der Waals surface area contributed by atoms with Gasteiger partial charge in [-0.1, -0.05) is 12.5 Å². The number of amides is 1. The van der Waals surface area contributed by atoms with E-state index in [0.717, 1.165) is 30.0 Å². The average molecular weight is 382 g/mol. The number of hydrogen-bond acceptors (Lipinski definition) is 5. The summed E-state index contributed by atoms with van der Waals surface area (Å²) in [5.74, 6) is 0.770. The van der Waals surface area contributed by atoms with Gasteiger partial charge in [0.25, 0.3) is 5.91 Å². The summed E-state index contributed by atoms with van der Waals surface area (Å²) in [5, 5.41) is 3.03. The molecule has 3 heterocycles. The SMILES string of the molecule is Cc1cccnc1CN(C)c1ccc(C(=O)NCCC2CCCCN2C)cn1. The van der Waals surface area contributed by atoms with Gasteiger partial charge in [-0.3, -0.25) is 9.78 Å². The zero-order valence-corrected chi connectivity index (χ0v) is 17.2. The lowest BCUT2D eigenvalue weighted by Gasteiger charge is -2.32. The van der Waals surface area contributed by atoms with Gasteiger partial charge in [0.2, 0.25) is 0 Å². The molecule has 150 valence electrons. The van der Waals surface area contributed by atoms with E-state index in [2.05, 4.69) is 40.2 Å². The third-order valence-electron chi connectivity index (χ3n) is 5.59. The van der Waals surface area contributed by atoms with Gasteiger partial charge in [-0.2, -0.15) is 0 Å². The lowest BCUT2D eigenvalue weighted by molar-refractivity contribution is 0.0945. The molecular weight excluding hydrogens is 350 g/mol. The predicted octanol–water partition coefficient (Wildman–Crippen LogP) is 3.03. The molecule has 0 saturated carbocycles. The van der Waals surface area contributed by atoms with E-state index >= 15 is 0 Å². The molecule has 1 fully saturated rings. The van der Waals surface area contributed by atoms with E-state index in [-0.39, 0.29) is 5.91 Å². The summed E-state index contributed by atoms with van der Waals surface area (Å²) in [6.07, 6.45) is 8.26. The molecule has 0 radical (unpaired) electrons. The Morgan fingerprint density at radius 1 is 1.29 bits per heavy atom. The van der Waals surface area contributed by atoms with Crippen molar-refractivity contribution in [2.75, 3.05) is 32.1 Å².